The molecule has 0 unspecified atom stereocenters. The topological polar surface area (TPSA) is 79.3 Å². The molecule has 1 aromatic heterocycles. The van der Waals surface area contributed by atoms with E-state index in [1.54, 1.807) is 24.6 Å². The maximum absolute atomic E-state index is 13.1. The third-order valence-electron chi connectivity index (χ3n) is 2.67. The smallest absolute Gasteiger partial charge is 0.337 e. The first-order chi connectivity index (χ1) is 10.0. The summed E-state index contributed by atoms with van der Waals surface area (Å²) < 4.78 is 13.1. The molecule has 108 valence electrons. The number of hydrogen-bond acceptors (Lipinski definition) is 4. The molecule has 0 saturated carbocycles. The van der Waals surface area contributed by atoms with Crippen molar-refractivity contribution in [1.29, 1.82) is 0 Å². The number of thioether (sulfide) groups is 1. The second kappa shape index (κ2) is 6.36. The summed E-state index contributed by atoms with van der Waals surface area (Å²) >= 11 is 1.30. The second-order valence-corrected chi connectivity index (χ2v) is 4.80. The number of aromatic nitrogens is 1. The Balaban J connectivity index is 2.34. The quantitative estimate of drug-likeness (QED) is 0.849. The Bertz CT molecular complexity index is 706. The molecule has 1 heterocycles. The molecule has 21 heavy (non-hydrogen) atoms. The first-order valence-corrected chi connectivity index (χ1v) is 7.08. The molecule has 5 nitrogen and oxygen atoms in total. The van der Waals surface area contributed by atoms with Gasteiger partial charge in [0.25, 0.3) is 5.91 Å². The Hall–Kier alpha value is -2.41. The Labute approximate surface area is 124 Å². The van der Waals surface area contributed by atoms with Gasteiger partial charge in [-0.15, -0.1) is 11.8 Å². The highest BCUT2D eigenvalue weighted by atomic mass is 32.2. The lowest BCUT2D eigenvalue weighted by Gasteiger charge is -2.10. The van der Waals surface area contributed by atoms with E-state index < -0.39 is 17.7 Å². The van der Waals surface area contributed by atoms with Crippen LogP contribution < -0.4 is 5.32 Å². The van der Waals surface area contributed by atoms with Crippen molar-refractivity contribution in [2.24, 2.45) is 0 Å². The van der Waals surface area contributed by atoms with E-state index in [4.69, 9.17) is 5.11 Å². The average molecular weight is 306 g/mol. The van der Waals surface area contributed by atoms with Crippen LogP contribution in [0.3, 0.4) is 0 Å². The van der Waals surface area contributed by atoms with Crippen LogP contribution in [0.5, 0.6) is 0 Å². The number of benzene rings is 1. The number of carboxylic acids is 1. The number of carbonyl (C=O) groups is 2. The molecule has 0 radical (unpaired) electrons. The number of carbonyl (C=O) groups excluding carboxylic acids is 1. The fourth-order valence-corrected chi connectivity index (χ4v) is 2.27. The van der Waals surface area contributed by atoms with Gasteiger partial charge in [-0.2, -0.15) is 0 Å². The second-order valence-electron chi connectivity index (χ2n) is 4.01. The highest BCUT2D eigenvalue weighted by molar-refractivity contribution is 7.98. The third-order valence-corrected chi connectivity index (χ3v) is 3.38. The van der Waals surface area contributed by atoms with Crippen molar-refractivity contribution in [2.45, 2.75) is 5.03 Å². The van der Waals surface area contributed by atoms with Gasteiger partial charge in [-0.25, -0.2) is 14.2 Å². The summed E-state index contributed by atoms with van der Waals surface area (Å²) in [5.74, 6) is -2.50. The summed E-state index contributed by atoms with van der Waals surface area (Å²) in [5.41, 5.74) is 0.0495. The lowest BCUT2D eigenvalue weighted by atomic mass is 10.1. The normalized spacial score (nSPS) is 10.2. The number of amides is 1. The Morgan fingerprint density at radius 3 is 2.71 bits per heavy atom. The van der Waals surface area contributed by atoms with Crippen LogP contribution in [0.15, 0.2) is 41.6 Å². The zero-order valence-electron chi connectivity index (χ0n) is 11.0. The monoisotopic (exact) mass is 306 g/mol. The minimum atomic E-state index is -1.32. The van der Waals surface area contributed by atoms with Crippen molar-refractivity contribution >= 4 is 29.3 Å². The maximum Gasteiger partial charge on any atom is 0.337 e. The number of hydrogen-bond donors (Lipinski definition) is 2. The molecule has 0 saturated heterocycles. The minimum absolute atomic E-state index is 0.0322. The maximum atomic E-state index is 13.1. The van der Waals surface area contributed by atoms with Crippen LogP contribution in [0.2, 0.25) is 0 Å². The largest absolute Gasteiger partial charge is 0.478 e. The standard InChI is InChI=1S/C14H11FN2O3S/c1-21-13-9(3-2-6-16-13)12(18)17-11-5-4-8(15)7-10(11)14(19)20/h2-7H,1H3,(H,17,18)(H,19,20). The van der Waals surface area contributed by atoms with Gasteiger partial charge in [-0.3, -0.25) is 4.79 Å². The number of pyridine rings is 1. The average Bonchev–Trinajstić information content (AvgIpc) is 2.48. The predicted octanol–water partition coefficient (Wildman–Crippen LogP) is 2.89. The molecular weight excluding hydrogens is 295 g/mol. The molecule has 0 aliphatic rings. The van der Waals surface area contributed by atoms with Crippen LogP contribution in [-0.2, 0) is 0 Å². The molecule has 2 aromatic rings. The molecule has 7 heteroatoms. The number of halogens is 1. The molecule has 0 bridgehead atoms. The summed E-state index contributed by atoms with van der Waals surface area (Å²) in [7, 11) is 0. The van der Waals surface area contributed by atoms with E-state index >= 15 is 0 Å². The van der Waals surface area contributed by atoms with Gasteiger partial charge in [0.1, 0.15) is 10.8 Å². The molecule has 1 amide bonds. The van der Waals surface area contributed by atoms with Crippen LogP contribution in [0.4, 0.5) is 10.1 Å². The van der Waals surface area contributed by atoms with Crippen molar-refractivity contribution in [3.63, 3.8) is 0 Å². The SMILES string of the molecule is CSc1ncccc1C(=O)Nc1ccc(F)cc1C(=O)O. The first kappa shape index (κ1) is 15.0. The summed E-state index contributed by atoms with van der Waals surface area (Å²) in [6.45, 7) is 0. The van der Waals surface area contributed by atoms with Crippen molar-refractivity contribution in [2.75, 3.05) is 11.6 Å². The Kier molecular flexibility index (Phi) is 4.54. The Morgan fingerprint density at radius 1 is 1.29 bits per heavy atom. The van der Waals surface area contributed by atoms with Gasteiger partial charge in [0.2, 0.25) is 0 Å². The summed E-state index contributed by atoms with van der Waals surface area (Å²) in [4.78, 5) is 27.3. The lowest BCUT2D eigenvalue weighted by molar-refractivity contribution is 0.0697. The van der Waals surface area contributed by atoms with E-state index in [-0.39, 0.29) is 11.3 Å². The predicted molar refractivity (Wildman–Crippen MR) is 77.3 cm³/mol. The van der Waals surface area contributed by atoms with Gasteiger partial charge in [0.15, 0.2) is 0 Å². The summed E-state index contributed by atoms with van der Waals surface area (Å²) in [6.07, 6.45) is 3.34. The van der Waals surface area contributed by atoms with Gasteiger partial charge in [-0.05, 0) is 36.6 Å². The van der Waals surface area contributed by atoms with Crippen LogP contribution >= 0.6 is 11.8 Å². The van der Waals surface area contributed by atoms with Gasteiger partial charge < -0.3 is 10.4 Å². The highest BCUT2D eigenvalue weighted by Gasteiger charge is 2.16. The number of aromatic carboxylic acids is 1. The molecule has 2 N–H and O–H groups in total. The molecular formula is C14H11FN2O3S. The summed E-state index contributed by atoms with van der Waals surface area (Å²) in [6, 6.07) is 6.35. The zero-order chi connectivity index (χ0) is 15.4. The van der Waals surface area contributed by atoms with Gasteiger partial charge >= 0.3 is 5.97 Å². The van der Waals surface area contributed by atoms with E-state index in [9.17, 15) is 14.0 Å². The molecule has 0 aliphatic carbocycles. The number of anilines is 1. The van der Waals surface area contributed by atoms with Crippen LogP contribution in [0.25, 0.3) is 0 Å². The van der Waals surface area contributed by atoms with Crippen molar-refractivity contribution < 1.29 is 19.1 Å². The van der Waals surface area contributed by atoms with E-state index in [1.165, 1.54) is 17.8 Å². The number of rotatable bonds is 4. The number of carboxylic acid groups (broad SMARTS) is 1. The fourth-order valence-electron chi connectivity index (χ4n) is 1.72. The fraction of sp³-hybridized carbons (Fsp3) is 0.0714. The third kappa shape index (κ3) is 3.38. The van der Waals surface area contributed by atoms with Crippen LogP contribution in [0, 0.1) is 5.82 Å². The Morgan fingerprint density at radius 2 is 2.05 bits per heavy atom. The van der Waals surface area contributed by atoms with E-state index in [0.717, 1.165) is 12.1 Å². The molecule has 0 spiro atoms. The highest BCUT2D eigenvalue weighted by Crippen LogP contribution is 2.21. The summed E-state index contributed by atoms with van der Waals surface area (Å²) in [5, 5.41) is 12.0. The molecule has 0 aliphatic heterocycles. The van der Waals surface area contributed by atoms with Gasteiger partial charge in [0.05, 0.1) is 16.8 Å². The minimum Gasteiger partial charge on any atom is -0.478 e. The van der Waals surface area contributed by atoms with E-state index in [2.05, 4.69) is 10.3 Å². The number of nitrogens with one attached hydrogen (secondary N) is 1. The van der Waals surface area contributed by atoms with Crippen LogP contribution in [0.1, 0.15) is 20.7 Å². The molecule has 1 aromatic carbocycles. The van der Waals surface area contributed by atoms with Gasteiger partial charge in [0, 0.05) is 6.20 Å². The molecule has 0 fully saturated rings. The van der Waals surface area contributed by atoms with E-state index in [0.29, 0.717) is 10.6 Å². The molecule has 0 atom stereocenters. The first-order valence-electron chi connectivity index (χ1n) is 5.86. The number of nitrogens with zero attached hydrogens (tertiary/aromatic N) is 1. The van der Waals surface area contributed by atoms with Crippen molar-refractivity contribution in [3.8, 4) is 0 Å². The zero-order valence-corrected chi connectivity index (χ0v) is 11.8. The van der Waals surface area contributed by atoms with E-state index in [1.807, 2.05) is 0 Å². The van der Waals surface area contributed by atoms with Crippen molar-refractivity contribution in [3.05, 3.63) is 53.5 Å². The van der Waals surface area contributed by atoms with Crippen molar-refractivity contribution in [1.82, 2.24) is 4.98 Å². The van der Waals surface area contributed by atoms with Crippen LogP contribution in [-0.4, -0.2) is 28.2 Å². The molecule has 2 rings (SSSR count). The van der Waals surface area contributed by atoms with Gasteiger partial charge in [-0.1, -0.05) is 0 Å². The lowest BCUT2D eigenvalue weighted by Crippen LogP contribution is -2.16.